The Morgan fingerprint density at radius 2 is 2.00 bits per heavy atom. The van der Waals surface area contributed by atoms with Crippen molar-refractivity contribution in [2.24, 2.45) is 5.92 Å². The second-order valence-electron chi connectivity index (χ2n) is 6.99. The van der Waals surface area contributed by atoms with Gasteiger partial charge < -0.3 is 5.32 Å². The first-order valence-electron chi connectivity index (χ1n) is 8.74. The number of rotatable bonds is 4. The van der Waals surface area contributed by atoms with Crippen molar-refractivity contribution in [1.82, 2.24) is 29.8 Å². The third kappa shape index (κ3) is 4.97. The molecule has 0 atom stereocenters. The van der Waals surface area contributed by atoms with Crippen LogP contribution in [0, 0.1) is 12.8 Å². The summed E-state index contributed by atoms with van der Waals surface area (Å²) in [5.74, 6) is 0.755. The predicted octanol–water partition coefficient (Wildman–Crippen LogP) is 2.25. The first-order valence-corrected chi connectivity index (χ1v) is 8.74. The Hall–Kier alpha value is -1.08. The summed E-state index contributed by atoms with van der Waals surface area (Å²) in [6.07, 6.45) is 6.61. The van der Waals surface area contributed by atoms with Gasteiger partial charge in [0.25, 0.3) is 0 Å². The highest BCUT2D eigenvalue weighted by Gasteiger charge is 2.21. The van der Waals surface area contributed by atoms with E-state index in [0.717, 1.165) is 38.6 Å². The van der Waals surface area contributed by atoms with Crippen molar-refractivity contribution in [3.8, 4) is 0 Å². The molecule has 4 heterocycles. The molecule has 2 aromatic heterocycles. The minimum atomic E-state index is 0. The SMILES string of the molecule is Cc1cnn(CC2CCN(Cc3cc4n(n3)CCNC4)CC2)c1.Cl.Cl. The van der Waals surface area contributed by atoms with Crippen molar-refractivity contribution in [3.63, 3.8) is 0 Å². The summed E-state index contributed by atoms with van der Waals surface area (Å²) in [6.45, 7) is 9.49. The van der Waals surface area contributed by atoms with Gasteiger partial charge in [-0.2, -0.15) is 10.2 Å². The van der Waals surface area contributed by atoms with E-state index >= 15 is 0 Å². The van der Waals surface area contributed by atoms with Crippen molar-refractivity contribution in [3.05, 3.63) is 35.4 Å². The highest BCUT2D eigenvalue weighted by molar-refractivity contribution is 5.85. The minimum absolute atomic E-state index is 0. The lowest BCUT2D eigenvalue weighted by Gasteiger charge is -2.31. The summed E-state index contributed by atoms with van der Waals surface area (Å²) in [7, 11) is 0. The van der Waals surface area contributed by atoms with E-state index in [4.69, 9.17) is 5.10 Å². The molecule has 1 saturated heterocycles. The predicted molar refractivity (Wildman–Crippen MR) is 103 cm³/mol. The number of halogens is 2. The molecular formula is C17H28Cl2N6. The van der Waals surface area contributed by atoms with E-state index in [1.807, 2.05) is 6.20 Å². The van der Waals surface area contributed by atoms with Crippen LogP contribution < -0.4 is 5.32 Å². The van der Waals surface area contributed by atoms with Gasteiger partial charge in [0.05, 0.1) is 24.1 Å². The van der Waals surface area contributed by atoms with Gasteiger partial charge in [-0.1, -0.05) is 0 Å². The molecule has 6 nitrogen and oxygen atoms in total. The third-order valence-corrected chi connectivity index (χ3v) is 5.02. The van der Waals surface area contributed by atoms with Crippen LogP contribution in [-0.2, 0) is 26.2 Å². The number of aryl methyl sites for hydroxylation is 1. The smallest absolute Gasteiger partial charge is 0.0768 e. The molecule has 8 heteroatoms. The Kier molecular flexibility index (Phi) is 7.31. The molecular weight excluding hydrogens is 359 g/mol. The quantitative estimate of drug-likeness (QED) is 0.875. The molecule has 140 valence electrons. The van der Waals surface area contributed by atoms with Gasteiger partial charge >= 0.3 is 0 Å². The number of hydrogen-bond donors (Lipinski definition) is 1. The zero-order valence-corrected chi connectivity index (χ0v) is 16.4. The molecule has 0 aromatic carbocycles. The van der Waals surface area contributed by atoms with Crippen molar-refractivity contribution >= 4 is 24.8 Å². The van der Waals surface area contributed by atoms with Gasteiger partial charge in [0.2, 0.25) is 0 Å². The summed E-state index contributed by atoms with van der Waals surface area (Å²) in [4.78, 5) is 2.55. The van der Waals surface area contributed by atoms with Gasteiger partial charge in [0.1, 0.15) is 0 Å². The molecule has 0 radical (unpaired) electrons. The van der Waals surface area contributed by atoms with E-state index in [1.165, 1.54) is 42.9 Å². The van der Waals surface area contributed by atoms with Gasteiger partial charge in [-0.25, -0.2) is 0 Å². The highest BCUT2D eigenvalue weighted by atomic mass is 35.5. The summed E-state index contributed by atoms with van der Waals surface area (Å²) >= 11 is 0. The number of nitrogens with one attached hydrogen (secondary N) is 1. The van der Waals surface area contributed by atoms with Crippen LogP contribution in [0.5, 0.6) is 0 Å². The standard InChI is InChI=1S/C17H26N6.2ClH/c1-14-9-19-22(11-14)12-15-2-5-21(6-3-15)13-16-8-17-10-18-4-7-23(17)20-16;;/h8-9,11,15,18H,2-7,10,12-13H2,1H3;2*1H. The van der Waals surface area contributed by atoms with Crippen LogP contribution in [-0.4, -0.2) is 44.1 Å². The molecule has 25 heavy (non-hydrogen) atoms. The number of aromatic nitrogens is 4. The number of likely N-dealkylation sites (tertiary alicyclic amines) is 1. The van der Waals surface area contributed by atoms with E-state index < -0.39 is 0 Å². The van der Waals surface area contributed by atoms with Crippen LogP contribution in [0.4, 0.5) is 0 Å². The Morgan fingerprint density at radius 3 is 2.68 bits per heavy atom. The lowest BCUT2D eigenvalue weighted by Crippen LogP contribution is -2.34. The lowest BCUT2D eigenvalue weighted by molar-refractivity contribution is 0.163. The van der Waals surface area contributed by atoms with E-state index in [-0.39, 0.29) is 24.8 Å². The number of nitrogens with zero attached hydrogens (tertiary/aromatic N) is 5. The molecule has 0 amide bonds. The van der Waals surface area contributed by atoms with Gasteiger partial charge in [-0.15, -0.1) is 24.8 Å². The van der Waals surface area contributed by atoms with Crippen LogP contribution in [0.2, 0.25) is 0 Å². The van der Waals surface area contributed by atoms with Crippen molar-refractivity contribution in [1.29, 1.82) is 0 Å². The Morgan fingerprint density at radius 1 is 1.20 bits per heavy atom. The maximum atomic E-state index is 4.76. The number of hydrogen-bond acceptors (Lipinski definition) is 4. The summed E-state index contributed by atoms with van der Waals surface area (Å²) in [5.41, 5.74) is 3.81. The molecule has 0 unspecified atom stereocenters. The molecule has 2 aromatic rings. The maximum absolute atomic E-state index is 4.76. The molecule has 1 N–H and O–H groups in total. The molecule has 0 saturated carbocycles. The second-order valence-corrected chi connectivity index (χ2v) is 6.99. The Balaban J connectivity index is 0.00000113. The van der Waals surface area contributed by atoms with E-state index in [0.29, 0.717) is 0 Å². The van der Waals surface area contributed by atoms with Gasteiger partial charge in [-0.05, 0) is 50.4 Å². The second kappa shape index (κ2) is 9.03. The minimum Gasteiger partial charge on any atom is -0.309 e. The van der Waals surface area contributed by atoms with Crippen molar-refractivity contribution < 1.29 is 0 Å². The molecule has 2 aliphatic heterocycles. The van der Waals surface area contributed by atoms with Crippen LogP contribution in [0.15, 0.2) is 18.5 Å². The first-order chi connectivity index (χ1) is 11.3. The Labute approximate surface area is 161 Å². The van der Waals surface area contributed by atoms with Gasteiger partial charge in [-0.3, -0.25) is 14.3 Å². The molecule has 1 fully saturated rings. The highest BCUT2D eigenvalue weighted by Crippen LogP contribution is 2.21. The summed E-state index contributed by atoms with van der Waals surface area (Å²) in [5, 5.41) is 12.6. The van der Waals surface area contributed by atoms with Crippen LogP contribution in [0.25, 0.3) is 0 Å². The maximum Gasteiger partial charge on any atom is 0.0768 e. The molecule has 0 bridgehead atoms. The largest absolute Gasteiger partial charge is 0.309 e. The number of fused-ring (bicyclic) bond motifs is 1. The van der Waals surface area contributed by atoms with E-state index in [9.17, 15) is 0 Å². The van der Waals surface area contributed by atoms with E-state index in [1.54, 1.807) is 0 Å². The van der Waals surface area contributed by atoms with Crippen LogP contribution in [0.3, 0.4) is 0 Å². The lowest BCUT2D eigenvalue weighted by atomic mass is 9.97. The fraction of sp³-hybridized carbons (Fsp3) is 0.647. The normalized spacial score (nSPS) is 18.3. The Bertz CT molecular complexity index is 636. The van der Waals surface area contributed by atoms with Crippen LogP contribution >= 0.6 is 24.8 Å². The molecule has 0 spiro atoms. The fourth-order valence-electron chi connectivity index (χ4n) is 3.72. The van der Waals surface area contributed by atoms with Gasteiger partial charge in [0.15, 0.2) is 0 Å². The van der Waals surface area contributed by atoms with E-state index in [2.05, 4.69) is 43.9 Å². The summed E-state index contributed by atoms with van der Waals surface area (Å²) in [6, 6.07) is 2.27. The van der Waals surface area contributed by atoms with Crippen LogP contribution in [0.1, 0.15) is 29.8 Å². The monoisotopic (exact) mass is 386 g/mol. The zero-order chi connectivity index (χ0) is 15.6. The van der Waals surface area contributed by atoms with Gasteiger partial charge in [0, 0.05) is 32.4 Å². The van der Waals surface area contributed by atoms with Crippen molar-refractivity contribution in [2.45, 2.75) is 45.9 Å². The molecule has 0 aliphatic carbocycles. The third-order valence-electron chi connectivity index (χ3n) is 5.02. The average Bonchev–Trinajstić information content (AvgIpc) is 3.14. The molecule has 4 rings (SSSR count). The zero-order valence-electron chi connectivity index (χ0n) is 14.7. The summed E-state index contributed by atoms with van der Waals surface area (Å²) < 4.78 is 4.27. The topological polar surface area (TPSA) is 50.9 Å². The number of piperidine rings is 1. The first kappa shape index (κ1) is 20.2. The average molecular weight is 387 g/mol. The van der Waals surface area contributed by atoms with Crippen molar-refractivity contribution in [2.75, 3.05) is 19.6 Å². The molecule has 2 aliphatic rings. The fourth-order valence-corrected chi connectivity index (χ4v) is 3.72.